The van der Waals surface area contributed by atoms with Crippen LogP contribution in [0.25, 0.3) is 0 Å². The van der Waals surface area contributed by atoms with Crippen molar-refractivity contribution in [3.05, 3.63) is 15.0 Å². The van der Waals surface area contributed by atoms with Gasteiger partial charge >= 0.3 is 5.97 Å². The average molecular weight is 204 g/mol. The number of carbonyl (C=O) groups is 1. The molecule has 64 valence electrons. The summed E-state index contributed by atoms with van der Waals surface area (Å²) in [7, 11) is 0. The van der Waals surface area contributed by atoms with Crippen LogP contribution in [0, 0.1) is 0 Å². The van der Waals surface area contributed by atoms with E-state index in [2.05, 4.69) is 4.98 Å². The van der Waals surface area contributed by atoms with Crippen LogP contribution in [0.4, 0.5) is 0 Å². The molecule has 1 aromatic heterocycles. The number of aliphatic carboxylic acids is 1. The fourth-order valence-corrected chi connectivity index (χ4v) is 2.67. The number of aryl methyl sites for hydroxylation is 1. The van der Waals surface area contributed by atoms with Crippen LogP contribution in [0.5, 0.6) is 0 Å². The molecule has 1 unspecified atom stereocenters. The molecule has 0 bridgehead atoms. The third-order valence-electron chi connectivity index (χ3n) is 1.99. The largest absolute Gasteiger partial charge is 0.481 e. The molecule has 2 rings (SSSR count). The lowest BCUT2D eigenvalue weighted by Crippen LogP contribution is -2.08. The number of carboxylic acid groups (broad SMARTS) is 1. The summed E-state index contributed by atoms with van der Waals surface area (Å²) in [6.07, 6.45) is 1.47. The van der Waals surface area contributed by atoms with Gasteiger partial charge in [0.05, 0.1) is 5.69 Å². The Hall–Kier alpha value is -0.610. The Morgan fingerprint density at radius 2 is 2.50 bits per heavy atom. The van der Waals surface area contributed by atoms with Crippen LogP contribution in [-0.4, -0.2) is 16.1 Å². The van der Waals surface area contributed by atoms with E-state index >= 15 is 0 Å². The molecule has 12 heavy (non-hydrogen) atoms. The Bertz CT molecular complexity index is 336. The molecule has 1 aliphatic rings. The molecule has 1 N–H and O–H groups in total. The SMILES string of the molecule is O=C(O)C1CCc2sc(Cl)nc21. The number of aromatic nitrogens is 1. The number of carboxylic acids is 1. The van der Waals surface area contributed by atoms with E-state index in [1.165, 1.54) is 11.3 Å². The third kappa shape index (κ3) is 1.11. The van der Waals surface area contributed by atoms with Crippen molar-refractivity contribution in [1.29, 1.82) is 0 Å². The summed E-state index contributed by atoms with van der Waals surface area (Å²) in [6, 6.07) is 0. The van der Waals surface area contributed by atoms with E-state index in [0.717, 1.165) is 11.3 Å². The van der Waals surface area contributed by atoms with Crippen LogP contribution in [0.3, 0.4) is 0 Å². The van der Waals surface area contributed by atoms with Gasteiger partial charge in [0.15, 0.2) is 4.47 Å². The minimum absolute atomic E-state index is 0.427. The maximum Gasteiger partial charge on any atom is 0.312 e. The standard InChI is InChI=1S/C7H6ClNO2S/c8-7-9-5-3(6(10)11)1-2-4(5)12-7/h3H,1-2H2,(H,10,11). The predicted octanol–water partition coefficient (Wildman–Crippen LogP) is 1.91. The van der Waals surface area contributed by atoms with Gasteiger partial charge < -0.3 is 5.11 Å². The van der Waals surface area contributed by atoms with Crippen LogP contribution in [0.15, 0.2) is 0 Å². The van der Waals surface area contributed by atoms with Crippen molar-refractivity contribution in [3.63, 3.8) is 0 Å². The summed E-state index contributed by atoms with van der Waals surface area (Å²) in [5, 5.41) is 8.79. The van der Waals surface area contributed by atoms with Crippen LogP contribution in [-0.2, 0) is 11.2 Å². The van der Waals surface area contributed by atoms with Gasteiger partial charge in [-0.05, 0) is 12.8 Å². The maximum absolute atomic E-state index is 10.7. The van der Waals surface area contributed by atoms with Gasteiger partial charge in [-0.3, -0.25) is 4.79 Å². The quantitative estimate of drug-likeness (QED) is 0.759. The molecule has 5 heteroatoms. The number of thiazole rings is 1. The van der Waals surface area contributed by atoms with Gasteiger partial charge in [-0.2, -0.15) is 0 Å². The molecule has 0 amide bonds. The average Bonchev–Trinajstić information content (AvgIpc) is 2.43. The third-order valence-corrected chi connectivity index (χ3v) is 3.23. The highest BCUT2D eigenvalue weighted by Crippen LogP contribution is 2.37. The Morgan fingerprint density at radius 3 is 3.17 bits per heavy atom. The fraction of sp³-hybridized carbons (Fsp3) is 0.429. The summed E-state index contributed by atoms with van der Waals surface area (Å²) in [6.45, 7) is 0. The number of hydrogen-bond acceptors (Lipinski definition) is 3. The zero-order valence-electron chi connectivity index (χ0n) is 6.08. The lowest BCUT2D eigenvalue weighted by atomic mass is 10.1. The lowest BCUT2D eigenvalue weighted by Gasteiger charge is -1.99. The first-order valence-corrected chi connectivity index (χ1v) is 4.76. The van der Waals surface area contributed by atoms with E-state index in [9.17, 15) is 4.79 Å². The second-order valence-corrected chi connectivity index (χ2v) is 4.37. The van der Waals surface area contributed by atoms with Crippen molar-refractivity contribution in [2.24, 2.45) is 0 Å². The molecule has 1 heterocycles. The number of halogens is 1. The molecule has 1 aromatic rings. The zero-order chi connectivity index (χ0) is 8.72. The van der Waals surface area contributed by atoms with E-state index < -0.39 is 11.9 Å². The minimum atomic E-state index is -0.796. The first-order chi connectivity index (χ1) is 5.68. The first kappa shape index (κ1) is 8.01. The Labute approximate surface area is 78.0 Å². The summed E-state index contributed by atoms with van der Waals surface area (Å²) in [4.78, 5) is 15.7. The number of hydrogen-bond donors (Lipinski definition) is 1. The molecular weight excluding hydrogens is 198 g/mol. The first-order valence-electron chi connectivity index (χ1n) is 3.56. The molecule has 0 spiro atoms. The summed E-state index contributed by atoms with van der Waals surface area (Å²) >= 11 is 7.05. The number of rotatable bonds is 1. The van der Waals surface area contributed by atoms with Gasteiger partial charge in [-0.1, -0.05) is 11.6 Å². The van der Waals surface area contributed by atoms with Crippen molar-refractivity contribution in [2.45, 2.75) is 18.8 Å². The van der Waals surface area contributed by atoms with Crippen LogP contribution in [0.1, 0.15) is 22.9 Å². The molecule has 0 radical (unpaired) electrons. The van der Waals surface area contributed by atoms with Gasteiger partial charge in [-0.25, -0.2) is 4.98 Å². The van der Waals surface area contributed by atoms with Crippen molar-refractivity contribution < 1.29 is 9.90 Å². The van der Waals surface area contributed by atoms with Crippen molar-refractivity contribution in [3.8, 4) is 0 Å². The highest BCUT2D eigenvalue weighted by atomic mass is 35.5. The molecule has 1 atom stereocenters. The van der Waals surface area contributed by atoms with E-state index in [1.54, 1.807) is 0 Å². The second-order valence-electron chi connectivity index (χ2n) is 2.70. The number of fused-ring (bicyclic) bond motifs is 1. The summed E-state index contributed by atoms with van der Waals surface area (Å²) in [5.74, 6) is -1.22. The van der Waals surface area contributed by atoms with Crippen LogP contribution < -0.4 is 0 Å². The van der Waals surface area contributed by atoms with Crippen LogP contribution >= 0.6 is 22.9 Å². The predicted molar refractivity (Wildman–Crippen MR) is 45.8 cm³/mol. The van der Waals surface area contributed by atoms with Gasteiger partial charge in [0, 0.05) is 4.88 Å². The van der Waals surface area contributed by atoms with E-state index in [1.807, 2.05) is 0 Å². The van der Waals surface area contributed by atoms with Gasteiger partial charge in [-0.15, -0.1) is 11.3 Å². The Balaban J connectivity index is 2.41. The van der Waals surface area contributed by atoms with Crippen LogP contribution in [0.2, 0.25) is 4.47 Å². The fourth-order valence-electron chi connectivity index (χ4n) is 1.44. The highest BCUT2D eigenvalue weighted by molar-refractivity contribution is 7.15. The summed E-state index contributed by atoms with van der Waals surface area (Å²) in [5.41, 5.74) is 0.678. The number of nitrogens with zero attached hydrogens (tertiary/aromatic N) is 1. The minimum Gasteiger partial charge on any atom is -0.481 e. The van der Waals surface area contributed by atoms with E-state index in [4.69, 9.17) is 16.7 Å². The van der Waals surface area contributed by atoms with Gasteiger partial charge in [0.1, 0.15) is 5.92 Å². The molecule has 0 saturated carbocycles. The normalized spacial score (nSPS) is 20.9. The molecule has 1 aliphatic carbocycles. The van der Waals surface area contributed by atoms with Crippen molar-refractivity contribution in [1.82, 2.24) is 4.98 Å². The molecule has 0 saturated heterocycles. The van der Waals surface area contributed by atoms with E-state index in [-0.39, 0.29) is 0 Å². The van der Waals surface area contributed by atoms with E-state index in [0.29, 0.717) is 16.6 Å². The topological polar surface area (TPSA) is 50.2 Å². The molecule has 3 nitrogen and oxygen atoms in total. The summed E-state index contributed by atoms with van der Waals surface area (Å²) < 4.78 is 0.450. The lowest BCUT2D eigenvalue weighted by molar-refractivity contribution is -0.138. The highest BCUT2D eigenvalue weighted by Gasteiger charge is 2.31. The monoisotopic (exact) mass is 203 g/mol. The molecule has 0 aromatic carbocycles. The smallest absolute Gasteiger partial charge is 0.312 e. The Kier molecular flexibility index (Phi) is 1.81. The van der Waals surface area contributed by atoms with Gasteiger partial charge in [0.2, 0.25) is 0 Å². The van der Waals surface area contributed by atoms with Gasteiger partial charge in [0.25, 0.3) is 0 Å². The maximum atomic E-state index is 10.7. The molecular formula is C7H6ClNO2S. The van der Waals surface area contributed by atoms with Crippen molar-refractivity contribution in [2.75, 3.05) is 0 Å². The van der Waals surface area contributed by atoms with Crippen molar-refractivity contribution >= 4 is 28.9 Å². The Morgan fingerprint density at radius 1 is 1.75 bits per heavy atom. The molecule has 0 aliphatic heterocycles. The second kappa shape index (κ2) is 2.71. The molecule has 0 fully saturated rings. The zero-order valence-corrected chi connectivity index (χ0v) is 7.65.